The fourth-order valence-corrected chi connectivity index (χ4v) is 12.1. The summed E-state index contributed by atoms with van der Waals surface area (Å²) in [5.41, 5.74) is 0. The number of unbranched alkanes of at least 4 members (excludes halogenated alkanes) is 46. The molecule has 0 heterocycles. The molecule has 0 aromatic heterocycles. The van der Waals surface area contributed by atoms with Crippen LogP contribution in [0.5, 0.6) is 0 Å². The van der Waals surface area contributed by atoms with E-state index in [4.69, 9.17) is 18.9 Å². The van der Waals surface area contributed by atoms with E-state index in [1.165, 1.54) is 276 Å². The first-order chi connectivity index (χ1) is 47.6. The van der Waals surface area contributed by atoms with Crippen molar-refractivity contribution in [1.29, 1.82) is 0 Å². The summed E-state index contributed by atoms with van der Waals surface area (Å²) in [6.07, 6.45) is 106. The Labute approximate surface area is 601 Å². The Morgan fingerprint density at radius 1 is 0.320 bits per heavy atom. The van der Waals surface area contributed by atoms with E-state index in [0.29, 0.717) is 17.4 Å². The fourth-order valence-electron chi connectivity index (χ4n) is 12.1. The zero-order valence-corrected chi connectivity index (χ0v) is 64.5. The fraction of sp³-hybridized carbons (Fsp3) is 0.784. The Morgan fingerprint density at radius 2 is 0.588 bits per heavy atom. The van der Waals surface area contributed by atoms with Crippen LogP contribution in [0.3, 0.4) is 0 Å². The largest absolute Gasteiger partial charge is 0.477 e. The predicted octanol–water partition coefficient (Wildman–Crippen LogP) is 26.7. The Hall–Kier alpha value is -3.79. The van der Waals surface area contributed by atoms with Gasteiger partial charge in [-0.05, 0) is 96.3 Å². The zero-order valence-electron chi connectivity index (χ0n) is 64.5. The van der Waals surface area contributed by atoms with E-state index < -0.39 is 18.4 Å². The Morgan fingerprint density at radius 3 is 0.876 bits per heavy atom. The minimum atomic E-state index is -1.51. The first-order valence-electron chi connectivity index (χ1n) is 41.4. The Kier molecular flexibility index (Phi) is 74.9. The van der Waals surface area contributed by atoms with Crippen molar-refractivity contribution in [3.63, 3.8) is 0 Å². The zero-order chi connectivity index (χ0) is 70.4. The molecule has 0 rings (SSSR count). The molecular weight excluding hydrogens is 1200 g/mol. The van der Waals surface area contributed by atoms with Crippen molar-refractivity contribution in [2.45, 2.75) is 399 Å². The van der Waals surface area contributed by atoms with Crippen LogP contribution in [-0.4, -0.2) is 87.4 Å². The molecule has 0 aliphatic carbocycles. The van der Waals surface area contributed by atoms with E-state index in [2.05, 4.69) is 111 Å². The van der Waals surface area contributed by atoms with E-state index in [-0.39, 0.29) is 38.2 Å². The molecular formula is C88H158NO8+. The van der Waals surface area contributed by atoms with Crippen molar-refractivity contribution in [3.05, 3.63) is 97.2 Å². The molecule has 0 aromatic carbocycles. The summed E-state index contributed by atoms with van der Waals surface area (Å²) < 4.78 is 23.1. The van der Waals surface area contributed by atoms with Crippen LogP contribution in [0.4, 0.5) is 0 Å². The summed E-state index contributed by atoms with van der Waals surface area (Å²) in [6, 6.07) is 0. The molecule has 562 valence electrons. The van der Waals surface area contributed by atoms with Gasteiger partial charge in [-0.3, -0.25) is 9.59 Å². The van der Waals surface area contributed by atoms with Gasteiger partial charge in [0.2, 0.25) is 0 Å². The minimum absolute atomic E-state index is 0.179. The third kappa shape index (κ3) is 79.4. The van der Waals surface area contributed by atoms with Gasteiger partial charge in [0, 0.05) is 12.8 Å². The molecule has 9 heteroatoms. The van der Waals surface area contributed by atoms with Gasteiger partial charge in [0.1, 0.15) is 13.2 Å². The molecule has 0 saturated heterocycles. The van der Waals surface area contributed by atoms with Gasteiger partial charge in [-0.1, -0.05) is 374 Å². The molecule has 97 heavy (non-hydrogen) atoms. The van der Waals surface area contributed by atoms with Crippen LogP contribution in [0, 0.1) is 0 Å². The summed E-state index contributed by atoms with van der Waals surface area (Å²) >= 11 is 0. The average Bonchev–Trinajstić information content (AvgIpc) is 3.11. The van der Waals surface area contributed by atoms with Crippen LogP contribution < -0.4 is 0 Å². The van der Waals surface area contributed by atoms with Crippen LogP contribution in [0.15, 0.2) is 97.2 Å². The van der Waals surface area contributed by atoms with Gasteiger partial charge < -0.3 is 28.5 Å². The maximum Gasteiger partial charge on any atom is 0.361 e. The third-order valence-electron chi connectivity index (χ3n) is 18.3. The average molecular weight is 1360 g/mol. The van der Waals surface area contributed by atoms with Crippen molar-refractivity contribution in [3.8, 4) is 0 Å². The lowest BCUT2D eigenvalue weighted by atomic mass is 10.0. The second-order valence-electron chi connectivity index (χ2n) is 29.1. The minimum Gasteiger partial charge on any atom is -0.477 e. The molecule has 0 amide bonds. The van der Waals surface area contributed by atoms with Gasteiger partial charge in [-0.15, -0.1) is 0 Å². The number of rotatable bonds is 77. The molecule has 0 aliphatic rings. The molecule has 0 bridgehead atoms. The number of hydrogen-bond acceptors (Lipinski definition) is 7. The maximum absolute atomic E-state index is 13.0. The predicted molar refractivity (Wildman–Crippen MR) is 419 cm³/mol. The number of carbonyl (C=O) groups excluding carboxylic acids is 2. The highest BCUT2D eigenvalue weighted by atomic mass is 16.7. The van der Waals surface area contributed by atoms with E-state index in [1.54, 1.807) is 0 Å². The van der Waals surface area contributed by atoms with Gasteiger partial charge in [-0.2, -0.15) is 0 Å². The lowest BCUT2D eigenvalue weighted by Gasteiger charge is -2.25. The molecule has 1 N–H and O–H groups in total. The molecule has 2 unspecified atom stereocenters. The molecule has 0 fully saturated rings. The SMILES string of the molecule is CC/C=C\C/C=C\C/C=C\C/C=C\C/C=C\C/C=C\CCCCCCCCCCCCCCCCCCCCC(=O)OC(COC(=O)CCCCCCCCCCCCCCCCCCCCCCCCC/C=C\C/C=C\CCCCCCC)COC(OCC[N+](C)(C)C)C(=O)O. The van der Waals surface area contributed by atoms with Gasteiger partial charge >= 0.3 is 17.9 Å². The first-order valence-corrected chi connectivity index (χ1v) is 41.4. The van der Waals surface area contributed by atoms with Gasteiger partial charge in [0.05, 0.1) is 34.4 Å². The number of ether oxygens (including phenoxy) is 4. The quantitative estimate of drug-likeness (QED) is 0.0211. The van der Waals surface area contributed by atoms with Crippen LogP contribution in [0.1, 0.15) is 386 Å². The van der Waals surface area contributed by atoms with Crippen LogP contribution in [0.2, 0.25) is 0 Å². The monoisotopic (exact) mass is 1360 g/mol. The van der Waals surface area contributed by atoms with Crippen LogP contribution in [0.25, 0.3) is 0 Å². The smallest absolute Gasteiger partial charge is 0.361 e. The standard InChI is InChI=1S/C88H157NO8/c1-6-8-10-12-14-16-18-20-22-24-26-28-30-32-34-36-38-40-42-43-45-47-49-51-53-55-57-59-61-63-65-67-69-71-73-75-77-79-86(91)97-84(83-96-88(87(92)93)94-81-80-89(3,4)5)82-95-85(90)78-76-74-72-70-68-66-64-62-60-58-56-54-52-50-48-46-44-41-39-37-35-33-31-29-27-25-23-21-19-17-15-13-11-9-7-2/h8,10,14,16,19-22,25-28,32,34,38,40,84,88H,6-7,9,11-13,15,17-18,23-24,29-31,33,35-37,39,41-83H2,1-5H3/p+1/b10-8-,16-14-,21-19-,22-20-,27-25-,28-26-,34-32-,40-38-. The number of carboxylic acid groups (broad SMARTS) is 1. The molecule has 0 aromatic rings. The summed E-state index contributed by atoms with van der Waals surface area (Å²) in [5.74, 6) is -1.98. The highest BCUT2D eigenvalue weighted by Gasteiger charge is 2.25. The van der Waals surface area contributed by atoms with E-state index in [1.807, 2.05) is 21.1 Å². The summed E-state index contributed by atoms with van der Waals surface area (Å²) in [5, 5.41) is 9.78. The highest BCUT2D eigenvalue weighted by molar-refractivity contribution is 5.71. The molecule has 0 radical (unpaired) electrons. The van der Waals surface area contributed by atoms with Crippen molar-refractivity contribution < 1.29 is 42.9 Å². The number of likely N-dealkylation sites (N-methyl/N-ethyl adjacent to an activating group) is 1. The third-order valence-corrected chi connectivity index (χ3v) is 18.3. The summed E-state index contributed by atoms with van der Waals surface area (Å²) in [7, 11) is 5.99. The normalized spacial score (nSPS) is 13.1. The number of esters is 2. The Bertz CT molecular complexity index is 1920. The van der Waals surface area contributed by atoms with Crippen LogP contribution in [-0.2, 0) is 33.3 Å². The second kappa shape index (κ2) is 77.9. The second-order valence-corrected chi connectivity index (χ2v) is 29.1. The lowest BCUT2D eigenvalue weighted by Crippen LogP contribution is -2.40. The number of carbonyl (C=O) groups is 3. The lowest BCUT2D eigenvalue weighted by molar-refractivity contribution is -0.870. The van der Waals surface area contributed by atoms with Crippen LogP contribution >= 0.6 is 0 Å². The van der Waals surface area contributed by atoms with E-state index >= 15 is 0 Å². The molecule has 2 atom stereocenters. The van der Waals surface area contributed by atoms with Crippen molar-refractivity contribution >= 4 is 17.9 Å². The number of allylic oxidation sites excluding steroid dienone is 16. The van der Waals surface area contributed by atoms with E-state index in [0.717, 1.165) is 83.5 Å². The van der Waals surface area contributed by atoms with Gasteiger partial charge in [0.15, 0.2) is 6.10 Å². The van der Waals surface area contributed by atoms with Gasteiger partial charge in [-0.25, -0.2) is 4.79 Å². The molecule has 0 spiro atoms. The number of quaternary nitrogens is 1. The summed E-state index contributed by atoms with van der Waals surface area (Å²) in [6.45, 7) is 4.81. The summed E-state index contributed by atoms with van der Waals surface area (Å²) in [4.78, 5) is 37.8. The first kappa shape index (κ1) is 93.2. The van der Waals surface area contributed by atoms with Gasteiger partial charge in [0.25, 0.3) is 6.29 Å². The number of aliphatic carboxylic acids is 1. The van der Waals surface area contributed by atoms with Crippen molar-refractivity contribution in [1.82, 2.24) is 0 Å². The van der Waals surface area contributed by atoms with E-state index in [9.17, 15) is 19.5 Å². The molecule has 9 nitrogen and oxygen atoms in total. The number of carboxylic acids is 1. The molecule has 0 saturated carbocycles. The molecule has 0 aliphatic heterocycles. The van der Waals surface area contributed by atoms with Crippen molar-refractivity contribution in [2.24, 2.45) is 0 Å². The highest BCUT2D eigenvalue weighted by Crippen LogP contribution is 2.19. The topological polar surface area (TPSA) is 108 Å². The Balaban J connectivity index is 3.98. The number of nitrogens with zero attached hydrogens (tertiary/aromatic N) is 1. The van der Waals surface area contributed by atoms with Crippen molar-refractivity contribution in [2.75, 3.05) is 47.5 Å². The maximum atomic E-state index is 13.0. The number of hydrogen-bond donors (Lipinski definition) is 1.